The number of rotatable bonds is 9. The quantitative estimate of drug-likeness (QED) is 0.119. The molecule has 44 heavy (non-hydrogen) atoms. The number of nitrogens with one attached hydrogen (secondary N) is 2. The van der Waals surface area contributed by atoms with Gasteiger partial charge in [-0.2, -0.15) is 5.48 Å². The van der Waals surface area contributed by atoms with Crippen molar-refractivity contribution in [3.05, 3.63) is 131 Å². The van der Waals surface area contributed by atoms with Crippen molar-refractivity contribution in [2.24, 2.45) is 5.16 Å². The van der Waals surface area contributed by atoms with Crippen LogP contribution in [0.4, 0.5) is 5.13 Å². The first-order valence-electron chi connectivity index (χ1n) is 13.7. The minimum atomic E-state index is -0.840. The van der Waals surface area contributed by atoms with Crippen LogP contribution < -0.4 is 10.8 Å². The van der Waals surface area contributed by atoms with Crippen molar-refractivity contribution >= 4 is 51.7 Å². The molecule has 12 heteroatoms. The van der Waals surface area contributed by atoms with E-state index in [1.807, 2.05) is 54.6 Å². The summed E-state index contributed by atoms with van der Waals surface area (Å²) < 4.78 is 0. The number of benzene rings is 3. The highest BCUT2D eigenvalue weighted by atomic mass is 32.2. The van der Waals surface area contributed by atoms with E-state index in [-0.39, 0.29) is 28.4 Å². The Morgan fingerprint density at radius 1 is 0.955 bits per heavy atom. The van der Waals surface area contributed by atoms with E-state index in [2.05, 4.69) is 52.4 Å². The summed E-state index contributed by atoms with van der Waals surface area (Å²) in [4.78, 5) is 53.9. The van der Waals surface area contributed by atoms with Crippen LogP contribution in [-0.2, 0) is 29.6 Å². The Morgan fingerprint density at radius 2 is 1.55 bits per heavy atom. The number of carbonyl (C=O) groups excluding carboxylic acids is 3. The number of nitrogens with zero attached hydrogens (tertiary/aromatic N) is 3. The number of amides is 2. The predicted molar refractivity (Wildman–Crippen MR) is 169 cm³/mol. The Labute approximate surface area is 261 Å². The maximum Gasteiger partial charge on any atom is 0.379 e. The van der Waals surface area contributed by atoms with Gasteiger partial charge in [0, 0.05) is 11.1 Å². The molecule has 1 atom stereocenters. The molecule has 0 bridgehead atoms. The van der Waals surface area contributed by atoms with E-state index >= 15 is 0 Å². The first-order valence-corrected chi connectivity index (χ1v) is 15.6. The summed E-state index contributed by atoms with van der Waals surface area (Å²) in [6, 6.07) is 30.1. The number of anilines is 1. The molecule has 3 heterocycles. The molecule has 0 spiro atoms. The van der Waals surface area contributed by atoms with E-state index in [0.717, 1.165) is 16.7 Å². The van der Waals surface area contributed by atoms with E-state index < -0.39 is 17.4 Å². The van der Waals surface area contributed by atoms with Crippen molar-refractivity contribution in [3.8, 4) is 0 Å². The van der Waals surface area contributed by atoms with Gasteiger partial charge in [0.25, 0.3) is 0 Å². The minimum absolute atomic E-state index is 0.0907. The fourth-order valence-electron chi connectivity index (χ4n) is 5.20. The van der Waals surface area contributed by atoms with Gasteiger partial charge in [-0.05, 0) is 22.8 Å². The summed E-state index contributed by atoms with van der Waals surface area (Å²) in [7, 11) is 1.30. The Balaban J connectivity index is 1.27. The summed E-state index contributed by atoms with van der Waals surface area (Å²) in [6.45, 7) is 0. The number of thiazole rings is 1. The molecule has 0 unspecified atom stereocenters. The van der Waals surface area contributed by atoms with Gasteiger partial charge in [-0.15, -0.1) is 23.1 Å². The Hall–Kier alpha value is -4.94. The third kappa shape index (κ3) is 5.56. The lowest BCUT2D eigenvalue weighted by atomic mass is 9.77. The van der Waals surface area contributed by atoms with Crippen molar-refractivity contribution in [1.82, 2.24) is 15.4 Å². The number of thioether (sulfide) groups is 1. The molecule has 0 aliphatic carbocycles. The molecule has 2 aliphatic rings. The van der Waals surface area contributed by atoms with E-state index in [1.165, 1.54) is 23.3 Å². The highest BCUT2D eigenvalue weighted by Crippen LogP contribution is 2.41. The summed E-state index contributed by atoms with van der Waals surface area (Å²) in [6.07, 6.45) is 1.97. The molecule has 0 radical (unpaired) electrons. The van der Waals surface area contributed by atoms with Crippen LogP contribution in [0.2, 0.25) is 0 Å². The van der Waals surface area contributed by atoms with Crippen LogP contribution in [0, 0.1) is 0 Å². The van der Waals surface area contributed by atoms with Gasteiger partial charge in [0.1, 0.15) is 24.0 Å². The number of β-lactam (4-membered cyclic amide) rings is 1. The zero-order valence-electron chi connectivity index (χ0n) is 23.5. The van der Waals surface area contributed by atoms with Gasteiger partial charge in [0.15, 0.2) is 10.8 Å². The molecular weight excluding hydrogens is 599 g/mol. The van der Waals surface area contributed by atoms with Crippen LogP contribution in [-0.4, -0.2) is 51.6 Å². The molecule has 3 aromatic carbocycles. The molecule has 222 valence electrons. The van der Waals surface area contributed by atoms with Gasteiger partial charge in [0.05, 0.1) is 11.8 Å². The van der Waals surface area contributed by atoms with E-state index in [9.17, 15) is 14.4 Å². The van der Waals surface area contributed by atoms with Crippen molar-refractivity contribution in [2.45, 2.75) is 17.3 Å². The average Bonchev–Trinajstić information content (AvgIpc) is 3.53. The maximum atomic E-state index is 13.1. The third-order valence-electron chi connectivity index (χ3n) is 7.24. The van der Waals surface area contributed by atoms with Gasteiger partial charge in [0.2, 0.25) is 5.91 Å². The van der Waals surface area contributed by atoms with Crippen LogP contribution in [0.5, 0.6) is 0 Å². The molecule has 6 rings (SSSR count). The Morgan fingerprint density at radius 3 is 2.09 bits per heavy atom. The first-order chi connectivity index (χ1) is 21.5. The lowest BCUT2D eigenvalue weighted by Crippen LogP contribution is -2.53. The predicted octanol–water partition coefficient (Wildman–Crippen LogP) is 4.66. The summed E-state index contributed by atoms with van der Waals surface area (Å²) >= 11 is 2.84. The van der Waals surface area contributed by atoms with Crippen LogP contribution >= 0.6 is 23.1 Å². The van der Waals surface area contributed by atoms with Gasteiger partial charge in [-0.1, -0.05) is 96.2 Å². The molecule has 4 aromatic rings. The normalized spacial score (nSPS) is 16.2. The topological polar surface area (TPSA) is 122 Å². The van der Waals surface area contributed by atoms with Gasteiger partial charge < -0.3 is 15.0 Å². The number of carbonyl (C=O) groups is 3. The number of aromatic nitrogens is 1. The zero-order valence-corrected chi connectivity index (χ0v) is 25.1. The summed E-state index contributed by atoms with van der Waals surface area (Å²) in [5, 5.41) is 9.61. The Kier molecular flexibility index (Phi) is 8.44. The van der Waals surface area contributed by atoms with Gasteiger partial charge in [-0.3, -0.25) is 14.5 Å². The van der Waals surface area contributed by atoms with Crippen molar-refractivity contribution in [2.75, 3.05) is 18.2 Å². The molecular formula is C32H27N5O5S2. The van der Waals surface area contributed by atoms with Crippen LogP contribution in [0.25, 0.3) is 0 Å². The molecule has 2 aliphatic heterocycles. The van der Waals surface area contributed by atoms with E-state index in [0.29, 0.717) is 17.3 Å². The summed E-state index contributed by atoms with van der Waals surface area (Å²) in [5.74, 6) is -1.28. The first kappa shape index (κ1) is 29.1. The number of fused-ring (bicyclic) bond motifs is 1. The van der Waals surface area contributed by atoms with Crippen molar-refractivity contribution in [1.29, 1.82) is 0 Å². The maximum absolute atomic E-state index is 13.1. The molecule has 2 N–H and O–H groups in total. The fourth-order valence-corrected chi connectivity index (χ4v) is 7.07. The highest BCUT2D eigenvalue weighted by Gasteiger charge is 2.43. The highest BCUT2D eigenvalue weighted by molar-refractivity contribution is 8.00. The van der Waals surface area contributed by atoms with Crippen molar-refractivity contribution < 1.29 is 24.1 Å². The lowest BCUT2D eigenvalue weighted by Gasteiger charge is -2.42. The van der Waals surface area contributed by atoms with E-state index in [1.54, 1.807) is 23.2 Å². The standard InChI is InChI=1S/C32H27N5O5S2/c1-41-35-28(29(39)36-42-30(40)25-17-18-43-27-19-26(38)37(25)27)24-20-44-31(33-24)34-32(21-11-5-2-6-12-21,22-13-7-3-8-14-22)23-15-9-4-10-16-23/h2-17,20,27H,18-19H2,1H3,(H,33,34)(H,36,39)/b35-28-/t27-/m0/s1. The smallest absolute Gasteiger partial charge is 0.379 e. The monoisotopic (exact) mass is 625 g/mol. The molecule has 1 fully saturated rings. The molecule has 10 nitrogen and oxygen atoms in total. The van der Waals surface area contributed by atoms with Crippen molar-refractivity contribution in [3.63, 3.8) is 0 Å². The Bertz CT molecular complexity index is 1630. The second-order valence-corrected chi connectivity index (χ2v) is 11.9. The second-order valence-electron chi connectivity index (χ2n) is 9.80. The van der Waals surface area contributed by atoms with Crippen LogP contribution in [0.3, 0.4) is 0 Å². The SMILES string of the molecule is CO/N=C(\C(=O)NOC(=O)C1=CCS[C@H]2CC(=O)N12)c1csc(NC(c2ccccc2)(c2ccccc2)c2ccccc2)n1. The molecule has 0 saturated carbocycles. The second kappa shape index (κ2) is 12.7. The fraction of sp³-hybridized carbons (Fsp3) is 0.156. The largest absolute Gasteiger partial charge is 0.398 e. The molecule has 1 saturated heterocycles. The number of hydrogen-bond donors (Lipinski definition) is 2. The third-order valence-corrected chi connectivity index (χ3v) is 9.11. The number of oxime groups is 1. The number of hydroxylamine groups is 1. The van der Waals surface area contributed by atoms with Crippen LogP contribution in [0.1, 0.15) is 28.8 Å². The molecule has 1 aromatic heterocycles. The minimum Gasteiger partial charge on any atom is -0.398 e. The average molecular weight is 626 g/mol. The van der Waals surface area contributed by atoms with Gasteiger partial charge >= 0.3 is 11.9 Å². The van der Waals surface area contributed by atoms with E-state index in [4.69, 9.17) is 14.7 Å². The zero-order chi connectivity index (χ0) is 30.5. The molecule has 2 amide bonds. The summed E-state index contributed by atoms with van der Waals surface area (Å²) in [5.41, 5.74) is 4.39. The van der Waals surface area contributed by atoms with Gasteiger partial charge in [-0.25, -0.2) is 9.78 Å². The van der Waals surface area contributed by atoms with Crippen LogP contribution in [0.15, 0.2) is 113 Å². The lowest BCUT2D eigenvalue weighted by molar-refractivity contribution is -0.157. The number of hydrogen-bond acceptors (Lipinski definition) is 10.